The first kappa shape index (κ1) is 21.3. The van der Waals surface area contributed by atoms with Gasteiger partial charge in [-0.1, -0.05) is 11.8 Å². The van der Waals surface area contributed by atoms with E-state index in [1.807, 2.05) is 12.3 Å². The Hall–Kier alpha value is -1.00. The zero-order valence-corrected chi connectivity index (χ0v) is 16.8. The van der Waals surface area contributed by atoms with Crippen LogP contribution in [0.15, 0.2) is 20.9 Å². The van der Waals surface area contributed by atoms with Gasteiger partial charge in [0.1, 0.15) is 10.4 Å². The molecule has 1 aliphatic rings. The van der Waals surface area contributed by atoms with Crippen LogP contribution in [0.1, 0.15) is 20.3 Å². The van der Waals surface area contributed by atoms with E-state index in [9.17, 15) is 13.2 Å². The number of thiazole rings is 1. The third-order valence-electron chi connectivity index (χ3n) is 4.17. The van der Waals surface area contributed by atoms with Gasteiger partial charge in [0.25, 0.3) is 0 Å². The van der Waals surface area contributed by atoms with Gasteiger partial charge in [0.2, 0.25) is 0 Å². The summed E-state index contributed by atoms with van der Waals surface area (Å²) in [4.78, 5) is 12.4. The standard InChI is InChI=1S/C16H26F3N5S2/c1-3-20-14(21-5-4-11-25-15-22-6-12-26-15)24-9-7-23(8-10-24)13(2)16(17,18)19/h6,12-13H,3-5,7-11H2,1-2H3,(H,20,21). The summed E-state index contributed by atoms with van der Waals surface area (Å²) < 4.78 is 39.6. The van der Waals surface area contributed by atoms with Crippen LogP contribution in [0.2, 0.25) is 0 Å². The van der Waals surface area contributed by atoms with Crippen LogP contribution < -0.4 is 5.32 Å². The monoisotopic (exact) mass is 409 g/mol. The molecule has 1 N–H and O–H groups in total. The molecule has 2 heterocycles. The van der Waals surface area contributed by atoms with Crippen molar-refractivity contribution in [2.45, 2.75) is 36.8 Å². The highest BCUT2D eigenvalue weighted by Crippen LogP contribution is 2.25. The van der Waals surface area contributed by atoms with Gasteiger partial charge in [-0.2, -0.15) is 13.2 Å². The molecule has 0 radical (unpaired) electrons. The Kier molecular flexibility index (Phi) is 8.49. The van der Waals surface area contributed by atoms with Crippen molar-refractivity contribution in [3.05, 3.63) is 11.6 Å². The second-order valence-electron chi connectivity index (χ2n) is 5.98. The number of halogens is 3. The Morgan fingerprint density at radius 2 is 2.12 bits per heavy atom. The summed E-state index contributed by atoms with van der Waals surface area (Å²) in [6.07, 6.45) is -1.44. The number of rotatable bonds is 7. The van der Waals surface area contributed by atoms with Crippen LogP contribution in [0.4, 0.5) is 13.2 Å². The SMILES string of the molecule is CCNC(=NCCCSc1nccs1)N1CCN(C(C)C(F)(F)F)CC1. The van der Waals surface area contributed by atoms with Crippen molar-refractivity contribution in [3.63, 3.8) is 0 Å². The Balaban J connectivity index is 1.77. The van der Waals surface area contributed by atoms with E-state index in [1.165, 1.54) is 11.8 Å². The lowest BCUT2D eigenvalue weighted by Gasteiger charge is -2.39. The van der Waals surface area contributed by atoms with Gasteiger partial charge in [0.05, 0.1) is 0 Å². The molecule has 0 spiro atoms. The average molecular weight is 410 g/mol. The number of piperazine rings is 1. The number of hydrogen-bond donors (Lipinski definition) is 1. The molecule has 26 heavy (non-hydrogen) atoms. The van der Waals surface area contributed by atoms with Crippen LogP contribution in [-0.2, 0) is 0 Å². The summed E-state index contributed by atoms with van der Waals surface area (Å²) in [5, 5.41) is 5.21. The number of nitrogens with zero attached hydrogens (tertiary/aromatic N) is 4. The number of thioether (sulfide) groups is 1. The molecule has 0 bridgehead atoms. The minimum absolute atomic E-state index is 0.394. The van der Waals surface area contributed by atoms with Crippen molar-refractivity contribution < 1.29 is 13.2 Å². The average Bonchev–Trinajstić information content (AvgIpc) is 3.13. The van der Waals surface area contributed by atoms with Crippen LogP contribution in [-0.4, -0.2) is 78.0 Å². The summed E-state index contributed by atoms with van der Waals surface area (Å²) in [5.41, 5.74) is 0. The zero-order chi connectivity index (χ0) is 19.0. The fraction of sp³-hybridized carbons (Fsp3) is 0.750. The van der Waals surface area contributed by atoms with Crippen LogP contribution in [0.3, 0.4) is 0 Å². The van der Waals surface area contributed by atoms with Gasteiger partial charge < -0.3 is 10.2 Å². The molecular weight excluding hydrogens is 383 g/mol. The smallest absolute Gasteiger partial charge is 0.357 e. The number of nitrogens with one attached hydrogen (secondary N) is 1. The number of hydrogen-bond acceptors (Lipinski definition) is 5. The normalized spacial score (nSPS) is 18.2. The Labute approximate surface area is 161 Å². The lowest BCUT2D eigenvalue weighted by molar-refractivity contribution is -0.181. The molecule has 1 aromatic heterocycles. The van der Waals surface area contributed by atoms with Gasteiger partial charge in [-0.05, 0) is 20.3 Å². The molecule has 2 rings (SSSR count). The van der Waals surface area contributed by atoms with E-state index in [-0.39, 0.29) is 0 Å². The van der Waals surface area contributed by atoms with Crippen LogP contribution >= 0.6 is 23.1 Å². The molecule has 0 saturated carbocycles. The predicted octanol–water partition coefficient (Wildman–Crippen LogP) is 3.16. The van der Waals surface area contributed by atoms with Gasteiger partial charge in [0.15, 0.2) is 5.96 Å². The summed E-state index contributed by atoms with van der Waals surface area (Å²) in [5.74, 6) is 1.75. The minimum Gasteiger partial charge on any atom is -0.357 e. The molecule has 1 aromatic rings. The van der Waals surface area contributed by atoms with E-state index in [4.69, 9.17) is 0 Å². The van der Waals surface area contributed by atoms with Crippen molar-refractivity contribution in [2.75, 3.05) is 45.0 Å². The van der Waals surface area contributed by atoms with E-state index in [1.54, 1.807) is 29.3 Å². The number of guanidine groups is 1. The predicted molar refractivity (Wildman–Crippen MR) is 102 cm³/mol. The third-order valence-corrected chi connectivity index (χ3v) is 6.22. The van der Waals surface area contributed by atoms with Crippen LogP contribution in [0, 0.1) is 0 Å². The quantitative estimate of drug-likeness (QED) is 0.324. The fourth-order valence-corrected chi connectivity index (χ4v) is 4.28. The number of aliphatic imine (C=N–C) groups is 1. The van der Waals surface area contributed by atoms with Gasteiger partial charge in [-0.15, -0.1) is 11.3 Å². The zero-order valence-electron chi connectivity index (χ0n) is 15.1. The third kappa shape index (κ3) is 6.62. The van der Waals surface area contributed by atoms with Gasteiger partial charge in [-0.25, -0.2) is 4.98 Å². The largest absolute Gasteiger partial charge is 0.403 e. The maximum absolute atomic E-state index is 12.9. The van der Waals surface area contributed by atoms with Gasteiger partial charge in [-0.3, -0.25) is 9.89 Å². The van der Waals surface area contributed by atoms with Crippen molar-refractivity contribution >= 4 is 29.1 Å². The summed E-state index contributed by atoms with van der Waals surface area (Å²) in [6.45, 7) is 6.56. The molecule has 0 aliphatic carbocycles. The highest BCUT2D eigenvalue weighted by Gasteiger charge is 2.41. The van der Waals surface area contributed by atoms with E-state index in [2.05, 4.69) is 20.2 Å². The van der Waals surface area contributed by atoms with E-state index in [0.29, 0.717) is 32.7 Å². The molecule has 1 aliphatic heterocycles. The summed E-state index contributed by atoms with van der Waals surface area (Å²) in [7, 11) is 0. The van der Waals surface area contributed by atoms with Crippen LogP contribution in [0.5, 0.6) is 0 Å². The van der Waals surface area contributed by atoms with Crippen molar-refractivity contribution in [1.29, 1.82) is 0 Å². The Bertz CT molecular complexity index is 543. The van der Waals surface area contributed by atoms with Crippen LogP contribution in [0.25, 0.3) is 0 Å². The molecule has 1 unspecified atom stereocenters. The Morgan fingerprint density at radius 3 is 2.69 bits per heavy atom. The van der Waals surface area contributed by atoms with E-state index >= 15 is 0 Å². The fourth-order valence-electron chi connectivity index (χ4n) is 2.64. The second-order valence-corrected chi connectivity index (χ2v) is 8.21. The van der Waals surface area contributed by atoms with E-state index in [0.717, 1.165) is 29.0 Å². The summed E-state index contributed by atoms with van der Waals surface area (Å²) in [6, 6.07) is -1.40. The molecule has 0 aromatic carbocycles. The van der Waals surface area contributed by atoms with Crippen molar-refractivity contribution in [2.24, 2.45) is 4.99 Å². The van der Waals surface area contributed by atoms with Crippen molar-refractivity contribution in [1.82, 2.24) is 20.1 Å². The minimum atomic E-state index is -4.17. The highest BCUT2D eigenvalue weighted by atomic mass is 32.2. The highest BCUT2D eigenvalue weighted by molar-refractivity contribution is 8.00. The molecule has 5 nitrogen and oxygen atoms in total. The summed E-state index contributed by atoms with van der Waals surface area (Å²) >= 11 is 3.36. The molecule has 1 saturated heterocycles. The first-order valence-corrected chi connectivity index (χ1v) is 10.6. The lowest BCUT2D eigenvalue weighted by Crippen LogP contribution is -2.56. The second kappa shape index (κ2) is 10.4. The van der Waals surface area contributed by atoms with Gasteiger partial charge >= 0.3 is 6.18 Å². The molecule has 148 valence electrons. The molecule has 1 atom stereocenters. The molecule has 1 fully saturated rings. The first-order chi connectivity index (χ1) is 12.4. The molecular formula is C16H26F3N5S2. The lowest BCUT2D eigenvalue weighted by atomic mass is 10.2. The van der Waals surface area contributed by atoms with Gasteiger partial charge in [0, 0.05) is 56.6 Å². The first-order valence-electron chi connectivity index (χ1n) is 8.78. The topological polar surface area (TPSA) is 43.8 Å². The maximum Gasteiger partial charge on any atom is 0.403 e. The molecule has 0 amide bonds. The number of alkyl halides is 3. The maximum atomic E-state index is 12.9. The van der Waals surface area contributed by atoms with Crippen molar-refractivity contribution in [3.8, 4) is 0 Å². The van der Waals surface area contributed by atoms with E-state index < -0.39 is 12.2 Å². The molecule has 10 heteroatoms. The number of aromatic nitrogens is 1. The Morgan fingerprint density at radius 1 is 1.38 bits per heavy atom.